The number of halogens is 1. The van der Waals surface area contributed by atoms with Gasteiger partial charge in [0.2, 0.25) is 0 Å². The standard InChI is InChI=1S/C15H21FN2O2/c1-15(2,3)6-14(19)13-5-4-12(9-18-13)20-10-11(7-16)8-17/h4-5,7,9H,6,8,10,17H2,1-3H3/b11-7+. The molecule has 0 radical (unpaired) electrons. The van der Waals surface area contributed by atoms with Crippen molar-refractivity contribution in [1.29, 1.82) is 0 Å². The largest absolute Gasteiger partial charge is 0.487 e. The quantitative estimate of drug-likeness (QED) is 0.814. The van der Waals surface area contributed by atoms with Crippen LogP contribution >= 0.6 is 0 Å². The van der Waals surface area contributed by atoms with Crippen LogP contribution in [0.15, 0.2) is 30.2 Å². The highest BCUT2D eigenvalue weighted by atomic mass is 19.1. The zero-order valence-corrected chi connectivity index (χ0v) is 12.1. The molecular weight excluding hydrogens is 259 g/mol. The second-order valence-electron chi connectivity index (χ2n) is 5.80. The van der Waals surface area contributed by atoms with Crippen molar-refractivity contribution in [3.8, 4) is 5.75 Å². The van der Waals surface area contributed by atoms with E-state index in [4.69, 9.17) is 10.5 Å². The highest BCUT2D eigenvalue weighted by Crippen LogP contribution is 2.21. The minimum Gasteiger partial charge on any atom is -0.487 e. The van der Waals surface area contributed by atoms with Crippen molar-refractivity contribution in [1.82, 2.24) is 4.98 Å². The Hall–Kier alpha value is -1.75. The molecule has 20 heavy (non-hydrogen) atoms. The van der Waals surface area contributed by atoms with Gasteiger partial charge in [-0.25, -0.2) is 9.37 Å². The summed E-state index contributed by atoms with van der Waals surface area (Å²) in [5.74, 6) is 0.473. The fourth-order valence-electron chi connectivity index (χ4n) is 1.51. The molecule has 1 heterocycles. The summed E-state index contributed by atoms with van der Waals surface area (Å²) in [7, 11) is 0. The third kappa shape index (κ3) is 5.48. The van der Waals surface area contributed by atoms with Crippen LogP contribution in [0.2, 0.25) is 0 Å². The third-order valence-corrected chi connectivity index (χ3v) is 2.55. The van der Waals surface area contributed by atoms with Crippen molar-refractivity contribution in [3.63, 3.8) is 0 Å². The van der Waals surface area contributed by atoms with E-state index >= 15 is 0 Å². The van der Waals surface area contributed by atoms with Crippen molar-refractivity contribution in [2.45, 2.75) is 27.2 Å². The van der Waals surface area contributed by atoms with Gasteiger partial charge in [0.1, 0.15) is 18.1 Å². The fourth-order valence-corrected chi connectivity index (χ4v) is 1.51. The number of ether oxygens (including phenoxy) is 1. The van der Waals surface area contributed by atoms with Gasteiger partial charge in [-0.1, -0.05) is 20.8 Å². The van der Waals surface area contributed by atoms with E-state index in [1.54, 1.807) is 12.1 Å². The van der Waals surface area contributed by atoms with Crippen LogP contribution in [-0.4, -0.2) is 23.9 Å². The number of hydrogen-bond donors (Lipinski definition) is 1. The smallest absolute Gasteiger partial charge is 0.181 e. The molecule has 5 heteroatoms. The predicted molar refractivity (Wildman–Crippen MR) is 76.4 cm³/mol. The first-order valence-electron chi connectivity index (χ1n) is 6.46. The van der Waals surface area contributed by atoms with Crippen LogP contribution in [0.4, 0.5) is 4.39 Å². The minimum absolute atomic E-state index is 0.00430. The van der Waals surface area contributed by atoms with Crippen molar-refractivity contribution < 1.29 is 13.9 Å². The monoisotopic (exact) mass is 280 g/mol. The highest BCUT2D eigenvalue weighted by molar-refractivity contribution is 5.94. The SMILES string of the molecule is CC(C)(C)CC(=O)c1ccc(OC/C(=C/F)CN)cn1. The molecule has 0 aromatic carbocycles. The van der Waals surface area contributed by atoms with E-state index in [0.717, 1.165) is 0 Å². The van der Waals surface area contributed by atoms with E-state index in [1.165, 1.54) is 6.20 Å². The number of nitrogens with two attached hydrogens (primary N) is 1. The van der Waals surface area contributed by atoms with Gasteiger partial charge in [-0.2, -0.15) is 0 Å². The summed E-state index contributed by atoms with van der Waals surface area (Å²) in [6, 6.07) is 3.26. The Morgan fingerprint density at radius 2 is 2.15 bits per heavy atom. The number of rotatable bonds is 6. The minimum atomic E-state index is -0.0735. The lowest BCUT2D eigenvalue weighted by atomic mass is 9.89. The van der Waals surface area contributed by atoms with Crippen molar-refractivity contribution in [3.05, 3.63) is 35.9 Å². The van der Waals surface area contributed by atoms with Gasteiger partial charge < -0.3 is 10.5 Å². The fraction of sp³-hybridized carbons (Fsp3) is 0.467. The summed E-state index contributed by atoms with van der Waals surface area (Å²) in [5.41, 5.74) is 6.02. The molecule has 1 aromatic heterocycles. The molecule has 2 N–H and O–H groups in total. The van der Waals surface area contributed by atoms with E-state index in [9.17, 15) is 9.18 Å². The van der Waals surface area contributed by atoms with Gasteiger partial charge in [0, 0.05) is 18.5 Å². The van der Waals surface area contributed by atoms with Crippen LogP contribution < -0.4 is 10.5 Å². The predicted octanol–water partition coefficient (Wildman–Crippen LogP) is 2.89. The van der Waals surface area contributed by atoms with Crippen LogP contribution in [0.25, 0.3) is 0 Å². The lowest BCUT2D eigenvalue weighted by Gasteiger charge is -2.16. The molecule has 1 rings (SSSR count). The van der Waals surface area contributed by atoms with Gasteiger partial charge in [0.05, 0.1) is 12.5 Å². The van der Waals surface area contributed by atoms with Gasteiger partial charge >= 0.3 is 0 Å². The number of nitrogens with zero attached hydrogens (tertiary/aromatic N) is 1. The number of Topliss-reactive ketones (excluding diaryl/α,β-unsaturated/α-hetero) is 1. The molecule has 0 aliphatic rings. The van der Waals surface area contributed by atoms with Gasteiger partial charge in [0.15, 0.2) is 5.78 Å². The highest BCUT2D eigenvalue weighted by Gasteiger charge is 2.18. The van der Waals surface area contributed by atoms with E-state index in [1.807, 2.05) is 20.8 Å². The first kappa shape index (κ1) is 16.3. The topological polar surface area (TPSA) is 65.2 Å². The van der Waals surface area contributed by atoms with Crippen LogP contribution in [0, 0.1) is 5.41 Å². The number of carbonyl (C=O) groups excluding carboxylic acids is 1. The summed E-state index contributed by atoms with van der Waals surface area (Å²) in [5, 5.41) is 0. The number of aromatic nitrogens is 1. The van der Waals surface area contributed by atoms with Gasteiger partial charge in [-0.05, 0) is 17.5 Å². The Morgan fingerprint density at radius 3 is 2.60 bits per heavy atom. The van der Waals surface area contributed by atoms with Gasteiger partial charge in [-0.3, -0.25) is 4.79 Å². The number of ketones is 1. The average Bonchev–Trinajstić information content (AvgIpc) is 2.38. The lowest BCUT2D eigenvalue weighted by Crippen LogP contribution is -2.14. The van der Waals surface area contributed by atoms with Gasteiger partial charge in [0.25, 0.3) is 0 Å². The van der Waals surface area contributed by atoms with Crippen molar-refractivity contribution >= 4 is 5.78 Å². The summed E-state index contributed by atoms with van der Waals surface area (Å²) in [4.78, 5) is 16.0. The summed E-state index contributed by atoms with van der Waals surface area (Å²) >= 11 is 0. The zero-order valence-electron chi connectivity index (χ0n) is 12.1. The molecule has 0 unspecified atom stereocenters. The van der Waals surface area contributed by atoms with Crippen molar-refractivity contribution in [2.24, 2.45) is 11.1 Å². The van der Waals surface area contributed by atoms with E-state index in [2.05, 4.69) is 4.98 Å². The molecule has 0 atom stereocenters. The molecule has 0 bridgehead atoms. The second kappa shape index (κ2) is 7.14. The first-order valence-corrected chi connectivity index (χ1v) is 6.46. The molecule has 0 aliphatic carbocycles. The number of pyridine rings is 1. The summed E-state index contributed by atoms with van der Waals surface area (Å²) in [6.45, 7) is 6.18. The molecule has 0 saturated carbocycles. The van der Waals surface area contributed by atoms with Gasteiger partial charge in [-0.15, -0.1) is 0 Å². The molecule has 110 valence electrons. The Morgan fingerprint density at radius 1 is 1.45 bits per heavy atom. The van der Waals surface area contributed by atoms with Crippen molar-refractivity contribution in [2.75, 3.05) is 13.2 Å². The van der Waals surface area contributed by atoms with E-state index in [-0.39, 0.29) is 24.3 Å². The van der Waals surface area contributed by atoms with Crippen LogP contribution in [0.5, 0.6) is 5.75 Å². The number of hydrogen-bond acceptors (Lipinski definition) is 4. The molecule has 0 amide bonds. The van der Waals surface area contributed by atoms with E-state index in [0.29, 0.717) is 29.8 Å². The maximum Gasteiger partial charge on any atom is 0.181 e. The lowest BCUT2D eigenvalue weighted by molar-refractivity contribution is 0.0935. The third-order valence-electron chi connectivity index (χ3n) is 2.55. The molecule has 0 fully saturated rings. The molecule has 0 spiro atoms. The average molecular weight is 280 g/mol. The maximum atomic E-state index is 12.3. The Bertz CT molecular complexity index is 476. The molecular formula is C15H21FN2O2. The van der Waals surface area contributed by atoms with E-state index < -0.39 is 0 Å². The summed E-state index contributed by atoms with van der Waals surface area (Å²) < 4.78 is 17.6. The van der Waals surface area contributed by atoms with Crippen LogP contribution in [-0.2, 0) is 0 Å². The van der Waals surface area contributed by atoms with Crippen LogP contribution in [0.1, 0.15) is 37.7 Å². The Kier molecular flexibility index (Phi) is 5.82. The molecule has 0 saturated heterocycles. The maximum absolute atomic E-state index is 12.3. The molecule has 4 nitrogen and oxygen atoms in total. The second-order valence-corrected chi connectivity index (χ2v) is 5.80. The molecule has 1 aromatic rings. The normalized spacial score (nSPS) is 12.3. The Balaban J connectivity index is 2.63. The zero-order chi connectivity index (χ0) is 15.2. The first-order chi connectivity index (χ1) is 9.35. The van der Waals surface area contributed by atoms with Crippen LogP contribution in [0.3, 0.4) is 0 Å². The Labute approximate surface area is 118 Å². The molecule has 0 aliphatic heterocycles. The number of carbonyl (C=O) groups is 1. The summed E-state index contributed by atoms with van der Waals surface area (Å²) in [6.07, 6.45) is 2.33.